The van der Waals surface area contributed by atoms with Gasteiger partial charge >= 0.3 is 0 Å². The van der Waals surface area contributed by atoms with Crippen LogP contribution in [0.15, 0.2) is 182 Å². The van der Waals surface area contributed by atoms with Crippen LogP contribution in [0, 0.1) is 0 Å². The average molecular weight is 629 g/mol. The second-order valence-corrected chi connectivity index (χ2v) is 13.5. The summed E-state index contributed by atoms with van der Waals surface area (Å²) >= 11 is 0. The number of hydrogen-bond donors (Lipinski definition) is 0. The lowest BCUT2D eigenvalue weighted by Crippen LogP contribution is -2.16. The highest BCUT2D eigenvalue weighted by Gasteiger charge is 2.35. The highest BCUT2D eigenvalue weighted by atomic mass is 15.1. The summed E-state index contributed by atoms with van der Waals surface area (Å²) in [4.78, 5) is 2.39. The maximum atomic E-state index is 2.40. The Labute approximate surface area is 288 Å². The summed E-state index contributed by atoms with van der Waals surface area (Å²) in [6.45, 7) is 4.69. The molecule has 0 bridgehead atoms. The molecule has 9 rings (SSSR count). The lowest BCUT2D eigenvalue weighted by atomic mass is 9.82. The van der Waals surface area contributed by atoms with Crippen molar-refractivity contribution in [1.82, 2.24) is 4.57 Å². The third kappa shape index (κ3) is 4.96. The van der Waals surface area contributed by atoms with Gasteiger partial charge in [0.1, 0.15) is 0 Å². The number of benzene rings is 7. The van der Waals surface area contributed by atoms with Gasteiger partial charge in [0.05, 0.1) is 5.52 Å². The Morgan fingerprint density at radius 3 is 1.80 bits per heavy atom. The third-order valence-electron chi connectivity index (χ3n) is 10.2. The van der Waals surface area contributed by atoms with E-state index in [9.17, 15) is 0 Å². The second kappa shape index (κ2) is 11.5. The Morgan fingerprint density at radius 2 is 1.02 bits per heavy atom. The summed E-state index contributed by atoms with van der Waals surface area (Å²) in [7, 11) is 0. The molecule has 0 fully saturated rings. The number of fused-ring (bicyclic) bond motifs is 4. The first-order valence-corrected chi connectivity index (χ1v) is 17.0. The highest BCUT2D eigenvalue weighted by Crippen LogP contribution is 2.50. The van der Waals surface area contributed by atoms with E-state index in [2.05, 4.69) is 205 Å². The molecule has 0 aliphatic heterocycles. The molecule has 1 aromatic heterocycles. The fourth-order valence-corrected chi connectivity index (χ4v) is 7.66. The van der Waals surface area contributed by atoms with Gasteiger partial charge in [-0.3, -0.25) is 0 Å². The van der Waals surface area contributed by atoms with Crippen molar-refractivity contribution in [3.63, 3.8) is 0 Å². The molecule has 2 nitrogen and oxygen atoms in total. The summed E-state index contributed by atoms with van der Waals surface area (Å²) in [6.07, 6.45) is 2.16. The fourth-order valence-electron chi connectivity index (χ4n) is 7.66. The van der Waals surface area contributed by atoms with Crippen LogP contribution in [0.1, 0.15) is 25.0 Å². The van der Waals surface area contributed by atoms with Gasteiger partial charge in [0.25, 0.3) is 0 Å². The van der Waals surface area contributed by atoms with Crippen molar-refractivity contribution >= 4 is 28.0 Å². The Bertz CT molecular complexity index is 2450. The minimum Gasteiger partial charge on any atom is -0.317 e. The third-order valence-corrected chi connectivity index (χ3v) is 10.2. The number of rotatable bonds is 6. The predicted molar refractivity (Wildman–Crippen MR) is 206 cm³/mol. The summed E-state index contributed by atoms with van der Waals surface area (Å²) < 4.78 is 2.27. The molecule has 0 N–H and O–H groups in total. The van der Waals surface area contributed by atoms with E-state index < -0.39 is 0 Å². The van der Waals surface area contributed by atoms with Crippen molar-refractivity contribution in [2.45, 2.75) is 19.3 Å². The van der Waals surface area contributed by atoms with Crippen LogP contribution in [-0.2, 0) is 5.41 Å². The van der Waals surface area contributed by atoms with Crippen LogP contribution in [0.4, 0.5) is 17.1 Å². The maximum absolute atomic E-state index is 2.40. The molecular weight excluding hydrogens is 593 g/mol. The summed E-state index contributed by atoms with van der Waals surface area (Å²) in [5.74, 6) is 0. The minimum absolute atomic E-state index is 0.0787. The fraction of sp³-hybridized carbons (Fsp3) is 0.0638. The molecule has 0 saturated heterocycles. The summed E-state index contributed by atoms with van der Waals surface area (Å²) in [6, 6.07) is 63.9. The van der Waals surface area contributed by atoms with Gasteiger partial charge in [-0.05, 0) is 111 Å². The van der Waals surface area contributed by atoms with E-state index in [1.807, 2.05) is 0 Å². The Kier molecular flexibility index (Phi) is 6.84. The number of aromatic nitrogens is 1. The van der Waals surface area contributed by atoms with Crippen molar-refractivity contribution in [3.8, 4) is 39.1 Å². The molecule has 234 valence electrons. The number of hydrogen-bond acceptors (Lipinski definition) is 1. The van der Waals surface area contributed by atoms with Gasteiger partial charge in [0, 0.05) is 34.4 Å². The van der Waals surface area contributed by atoms with E-state index in [4.69, 9.17) is 0 Å². The molecule has 0 spiro atoms. The van der Waals surface area contributed by atoms with Gasteiger partial charge in [-0.1, -0.05) is 129 Å². The molecule has 8 aromatic rings. The standard InChI is InChI=1S/C47H36N2/c1-47(2)44-17-8-7-16-42(44)43-28-27-41(32-45(43)47)49(38-23-19-34(20-24-38)33-11-4-3-5-12-33)39-25-21-35(22-26-39)37-14-10-15-40(31-37)48-30-29-36-13-6-9-18-46(36)48/h3-32H,1-2H3. The summed E-state index contributed by atoms with van der Waals surface area (Å²) in [5.41, 5.74) is 15.9. The zero-order valence-electron chi connectivity index (χ0n) is 27.7. The van der Waals surface area contributed by atoms with Gasteiger partial charge in [-0.25, -0.2) is 0 Å². The zero-order valence-corrected chi connectivity index (χ0v) is 27.7. The number of anilines is 3. The van der Waals surface area contributed by atoms with Crippen molar-refractivity contribution in [1.29, 1.82) is 0 Å². The second-order valence-electron chi connectivity index (χ2n) is 13.5. The molecule has 1 aliphatic rings. The molecule has 49 heavy (non-hydrogen) atoms. The largest absolute Gasteiger partial charge is 0.317 e. The molecular formula is C47H36N2. The first-order chi connectivity index (χ1) is 24.0. The lowest BCUT2D eigenvalue weighted by Gasteiger charge is -2.28. The smallest absolute Gasteiger partial charge is 0.0528 e. The van der Waals surface area contributed by atoms with Crippen LogP contribution >= 0.6 is 0 Å². The van der Waals surface area contributed by atoms with Gasteiger partial charge in [-0.2, -0.15) is 0 Å². The molecule has 7 aromatic carbocycles. The van der Waals surface area contributed by atoms with E-state index >= 15 is 0 Å². The van der Waals surface area contributed by atoms with E-state index in [0.29, 0.717) is 0 Å². The van der Waals surface area contributed by atoms with Crippen LogP contribution in [0.25, 0.3) is 50.0 Å². The van der Waals surface area contributed by atoms with E-state index in [-0.39, 0.29) is 5.41 Å². The molecule has 0 amide bonds. The van der Waals surface area contributed by atoms with E-state index in [1.54, 1.807) is 0 Å². The molecule has 1 heterocycles. The maximum Gasteiger partial charge on any atom is 0.0528 e. The SMILES string of the molecule is CC1(C)c2ccccc2-c2ccc(N(c3ccc(-c4ccccc4)cc3)c3ccc(-c4cccc(-n5ccc6ccccc65)c4)cc3)cc21. The molecule has 0 saturated carbocycles. The van der Waals surface area contributed by atoms with Gasteiger partial charge < -0.3 is 9.47 Å². The monoisotopic (exact) mass is 628 g/mol. The minimum atomic E-state index is -0.0787. The zero-order chi connectivity index (χ0) is 33.0. The van der Waals surface area contributed by atoms with Crippen molar-refractivity contribution in [2.75, 3.05) is 4.90 Å². The van der Waals surface area contributed by atoms with Crippen molar-refractivity contribution < 1.29 is 0 Å². The Hall–Kier alpha value is -6.12. The average Bonchev–Trinajstić information content (AvgIpc) is 3.69. The first kappa shape index (κ1) is 29.1. The van der Waals surface area contributed by atoms with Crippen molar-refractivity contribution in [3.05, 3.63) is 193 Å². The van der Waals surface area contributed by atoms with Crippen LogP contribution in [0.2, 0.25) is 0 Å². The first-order valence-electron chi connectivity index (χ1n) is 17.0. The topological polar surface area (TPSA) is 8.17 Å². The van der Waals surface area contributed by atoms with E-state index in [1.165, 1.54) is 55.4 Å². The normalized spacial score (nSPS) is 12.9. The number of nitrogens with zero attached hydrogens (tertiary/aromatic N) is 2. The van der Waals surface area contributed by atoms with E-state index in [0.717, 1.165) is 22.7 Å². The van der Waals surface area contributed by atoms with Gasteiger partial charge in [0.2, 0.25) is 0 Å². The molecule has 1 aliphatic carbocycles. The van der Waals surface area contributed by atoms with Crippen LogP contribution < -0.4 is 4.90 Å². The van der Waals surface area contributed by atoms with Gasteiger partial charge in [-0.15, -0.1) is 0 Å². The molecule has 0 radical (unpaired) electrons. The predicted octanol–water partition coefficient (Wildman–Crippen LogP) is 12.7. The quantitative estimate of drug-likeness (QED) is 0.178. The summed E-state index contributed by atoms with van der Waals surface area (Å²) in [5, 5.41) is 1.24. The number of para-hydroxylation sites is 1. The van der Waals surface area contributed by atoms with Crippen LogP contribution in [0.3, 0.4) is 0 Å². The molecule has 0 atom stereocenters. The van der Waals surface area contributed by atoms with Gasteiger partial charge in [0.15, 0.2) is 0 Å². The van der Waals surface area contributed by atoms with Crippen LogP contribution in [0.5, 0.6) is 0 Å². The lowest BCUT2D eigenvalue weighted by molar-refractivity contribution is 0.660. The van der Waals surface area contributed by atoms with Crippen molar-refractivity contribution in [2.24, 2.45) is 0 Å². The highest BCUT2D eigenvalue weighted by molar-refractivity contribution is 5.87. The Morgan fingerprint density at radius 1 is 0.429 bits per heavy atom. The Balaban J connectivity index is 1.12. The molecule has 2 heteroatoms. The molecule has 0 unspecified atom stereocenters. The van der Waals surface area contributed by atoms with Crippen LogP contribution in [-0.4, -0.2) is 4.57 Å².